The molecule has 3 rings (SSSR count). The first-order valence-corrected chi connectivity index (χ1v) is 5.41. The SMILES string of the molecule is O=CC1(c2cccc3c(F)cccc23)CC1. The van der Waals surface area contributed by atoms with E-state index in [2.05, 4.69) is 0 Å². The molecule has 1 aliphatic carbocycles. The summed E-state index contributed by atoms with van der Waals surface area (Å²) in [6, 6.07) is 10.6. The van der Waals surface area contributed by atoms with E-state index in [1.807, 2.05) is 18.2 Å². The maximum atomic E-state index is 13.6. The van der Waals surface area contributed by atoms with Crippen LogP contribution in [0, 0.1) is 5.82 Å². The van der Waals surface area contributed by atoms with E-state index < -0.39 is 0 Å². The van der Waals surface area contributed by atoms with Gasteiger partial charge in [0, 0.05) is 5.39 Å². The summed E-state index contributed by atoms with van der Waals surface area (Å²) >= 11 is 0. The van der Waals surface area contributed by atoms with Crippen LogP contribution in [0.5, 0.6) is 0 Å². The summed E-state index contributed by atoms with van der Waals surface area (Å²) in [5, 5.41) is 1.47. The largest absolute Gasteiger partial charge is 0.302 e. The first-order valence-electron chi connectivity index (χ1n) is 5.41. The first-order chi connectivity index (χ1) is 7.77. The van der Waals surface area contributed by atoms with Gasteiger partial charge in [-0.25, -0.2) is 4.39 Å². The van der Waals surface area contributed by atoms with Crippen LogP contribution in [0.1, 0.15) is 18.4 Å². The molecule has 0 bridgehead atoms. The van der Waals surface area contributed by atoms with Gasteiger partial charge >= 0.3 is 0 Å². The molecule has 0 amide bonds. The highest BCUT2D eigenvalue weighted by atomic mass is 19.1. The number of rotatable bonds is 2. The minimum atomic E-state index is -0.340. The summed E-state index contributed by atoms with van der Waals surface area (Å²) in [5.41, 5.74) is 0.632. The zero-order valence-electron chi connectivity index (χ0n) is 8.74. The standard InChI is InChI=1S/C14H11FO/c15-13-6-2-3-10-11(13)4-1-5-12(10)14(9-16)7-8-14/h1-6,9H,7-8H2. The topological polar surface area (TPSA) is 17.1 Å². The first kappa shape index (κ1) is 9.52. The highest BCUT2D eigenvalue weighted by Crippen LogP contribution is 2.48. The molecule has 0 radical (unpaired) electrons. The molecule has 0 spiro atoms. The van der Waals surface area contributed by atoms with E-state index in [1.54, 1.807) is 12.1 Å². The molecule has 2 heteroatoms. The van der Waals surface area contributed by atoms with E-state index in [0.29, 0.717) is 5.39 Å². The van der Waals surface area contributed by atoms with Crippen LogP contribution >= 0.6 is 0 Å². The zero-order valence-corrected chi connectivity index (χ0v) is 8.74. The minimum Gasteiger partial charge on any atom is -0.302 e. The number of benzene rings is 2. The molecule has 1 nitrogen and oxygen atoms in total. The monoisotopic (exact) mass is 214 g/mol. The van der Waals surface area contributed by atoms with Crippen molar-refractivity contribution >= 4 is 17.1 Å². The highest BCUT2D eigenvalue weighted by molar-refractivity contribution is 5.91. The van der Waals surface area contributed by atoms with Crippen LogP contribution in [0.15, 0.2) is 36.4 Å². The maximum absolute atomic E-state index is 13.6. The molecule has 0 atom stereocenters. The Morgan fingerprint density at radius 3 is 2.44 bits per heavy atom. The van der Waals surface area contributed by atoms with Crippen molar-refractivity contribution in [1.29, 1.82) is 0 Å². The molecule has 80 valence electrons. The van der Waals surface area contributed by atoms with E-state index in [-0.39, 0.29) is 11.2 Å². The fourth-order valence-corrected chi connectivity index (χ4v) is 2.29. The van der Waals surface area contributed by atoms with Gasteiger partial charge in [-0.2, -0.15) is 0 Å². The molecule has 2 aromatic rings. The van der Waals surface area contributed by atoms with Crippen LogP contribution in [0.3, 0.4) is 0 Å². The third-order valence-corrected chi connectivity index (χ3v) is 3.42. The van der Waals surface area contributed by atoms with E-state index in [4.69, 9.17) is 0 Å². The third kappa shape index (κ3) is 1.19. The number of carbonyl (C=O) groups excluding carboxylic acids is 1. The molecular weight excluding hydrogens is 203 g/mol. The lowest BCUT2D eigenvalue weighted by atomic mass is 9.92. The predicted octanol–water partition coefficient (Wildman–Crippen LogP) is 3.21. The summed E-state index contributed by atoms with van der Waals surface area (Å²) in [4.78, 5) is 11.1. The van der Waals surface area contributed by atoms with Crippen LogP contribution < -0.4 is 0 Å². The summed E-state index contributed by atoms with van der Waals surface area (Å²) in [6.07, 6.45) is 2.77. The fraction of sp³-hybridized carbons (Fsp3) is 0.214. The Hall–Kier alpha value is -1.70. The average Bonchev–Trinajstić information content (AvgIpc) is 3.10. The van der Waals surface area contributed by atoms with Crippen molar-refractivity contribution in [2.45, 2.75) is 18.3 Å². The van der Waals surface area contributed by atoms with E-state index in [0.717, 1.165) is 30.1 Å². The van der Waals surface area contributed by atoms with Crippen molar-refractivity contribution in [3.63, 3.8) is 0 Å². The smallest absolute Gasteiger partial charge is 0.131 e. The molecule has 0 saturated heterocycles. The molecule has 2 aromatic carbocycles. The predicted molar refractivity (Wildman–Crippen MR) is 60.9 cm³/mol. The van der Waals surface area contributed by atoms with Gasteiger partial charge in [-0.3, -0.25) is 0 Å². The highest BCUT2D eigenvalue weighted by Gasteiger charge is 2.45. The van der Waals surface area contributed by atoms with Gasteiger partial charge in [0.1, 0.15) is 12.1 Å². The summed E-state index contributed by atoms with van der Waals surface area (Å²) in [7, 11) is 0. The van der Waals surface area contributed by atoms with Gasteiger partial charge in [-0.05, 0) is 29.9 Å². The lowest BCUT2D eigenvalue weighted by Crippen LogP contribution is -2.08. The lowest BCUT2D eigenvalue weighted by molar-refractivity contribution is -0.109. The van der Waals surface area contributed by atoms with Gasteiger partial charge < -0.3 is 4.79 Å². The molecule has 0 aromatic heterocycles. The second-order valence-corrected chi connectivity index (χ2v) is 4.41. The van der Waals surface area contributed by atoms with Crippen molar-refractivity contribution < 1.29 is 9.18 Å². The van der Waals surface area contributed by atoms with E-state index >= 15 is 0 Å². The summed E-state index contributed by atoms with van der Waals surface area (Å²) < 4.78 is 13.6. The molecule has 0 aliphatic heterocycles. The Bertz CT molecular complexity index is 570. The quantitative estimate of drug-likeness (QED) is 0.701. The van der Waals surface area contributed by atoms with Gasteiger partial charge in [-0.1, -0.05) is 30.3 Å². The summed E-state index contributed by atoms with van der Waals surface area (Å²) in [6.45, 7) is 0. The number of hydrogen-bond donors (Lipinski definition) is 0. The Morgan fingerprint density at radius 2 is 1.75 bits per heavy atom. The van der Waals surface area contributed by atoms with Gasteiger partial charge in [0.25, 0.3) is 0 Å². The Kier molecular flexibility index (Phi) is 1.87. The van der Waals surface area contributed by atoms with Crippen molar-refractivity contribution in [3.05, 3.63) is 47.8 Å². The zero-order chi connectivity index (χ0) is 11.2. The maximum Gasteiger partial charge on any atom is 0.131 e. The molecule has 0 heterocycles. The van der Waals surface area contributed by atoms with E-state index in [9.17, 15) is 9.18 Å². The van der Waals surface area contributed by atoms with Gasteiger partial charge in [-0.15, -0.1) is 0 Å². The second kappa shape index (κ2) is 3.14. The van der Waals surface area contributed by atoms with E-state index in [1.165, 1.54) is 6.07 Å². The van der Waals surface area contributed by atoms with Gasteiger partial charge in [0.15, 0.2) is 0 Å². The van der Waals surface area contributed by atoms with Crippen molar-refractivity contribution in [1.82, 2.24) is 0 Å². The molecule has 16 heavy (non-hydrogen) atoms. The fourth-order valence-electron chi connectivity index (χ4n) is 2.29. The Labute approximate surface area is 92.9 Å². The number of hydrogen-bond acceptors (Lipinski definition) is 1. The molecule has 0 N–H and O–H groups in total. The van der Waals surface area contributed by atoms with Gasteiger partial charge in [0.2, 0.25) is 0 Å². The van der Waals surface area contributed by atoms with Crippen molar-refractivity contribution in [2.24, 2.45) is 0 Å². The molecule has 1 fully saturated rings. The third-order valence-electron chi connectivity index (χ3n) is 3.42. The number of carbonyl (C=O) groups is 1. The van der Waals surface area contributed by atoms with Crippen LogP contribution in [0.25, 0.3) is 10.8 Å². The lowest BCUT2D eigenvalue weighted by Gasteiger charge is -2.11. The molecular formula is C14H11FO. The van der Waals surface area contributed by atoms with Crippen LogP contribution in [-0.2, 0) is 10.2 Å². The normalized spacial score (nSPS) is 17.3. The minimum absolute atomic E-state index is 0.221. The number of aldehydes is 1. The van der Waals surface area contributed by atoms with Crippen LogP contribution in [0.4, 0.5) is 4.39 Å². The second-order valence-electron chi connectivity index (χ2n) is 4.41. The molecule has 0 unspecified atom stereocenters. The molecule has 1 aliphatic rings. The van der Waals surface area contributed by atoms with Crippen LogP contribution in [-0.4, -0.2) is 6.29 Å². The summed E-state index contributed by atoms with van der Waals surface area (Å²) in [5.74, 6) is -0.221. The molecule has 1 saturated carbocycles. The Morgan fingerprint density at radius 1 is 1.06 bits per heavy atom. The van der Waals surface area contributed by atoms with Crippen molar-refractivity contribution in [3.8, 4) is 0 Å². The van der Waals surface area contributed by atoms with Crippen LogP contribution in [0.2, 0.25) is 0 Å². The number of halogens is 1. The Balaban J connectivity index is 2.34. The van der Waals surface area contributed by atoms with Crippen molar-refractivity contribution in [2.75, 3.05) is 0 Å². The number of fused-ring (bicyclic) bond motifs is 1. The van der Waals surface area contributed by atoms with Gasteiger partial charge in [0.05, 0.1) is 5.41 Å². The average molecular weight is 214 g/mol.